The Bertz CT molecular complexity index is 246. The molecule has 0 bridgehead atoms. The van der Waals surface area contributed by atoms with E-state index < -0.39 is 0 Å². The van der Waals surface area contributed by atoms with Crippen molar-refractivity contribution in [3.05, 3.63) is 0 Å². The van der Waals surface area contributed by atoms with Crippen LogP contribution >= 0.6 is 0 Å². The smallest absolute Gasteiger partial charge is 0.133 e. The van der Waals surface area contributed by atoms with Gasteiger partial charge in [0.1, 0.15) is 5.78 Å². The normalized spacial score (nSPS) is 29.5. The molecule has 110 valence electrons. The van der Waals surface area contributed by atoms with Gasteiger partial charge in [0.25, 0.3) is 0 Å². The van der Waals surface area contributed by atoms with Crippen molar-refractivity contribution in [1.82, 2.24) is 0 Å². The van der Waals surface area contributed by atoms with Gasteiger partial charge in [-0.15, -0.1) is 0 Å². The minimum Gasteiger partial charge on any atom is -0.300 e. The van der Waals surface area contributed by atoms with Gasteiger partial charge in [0.05, 0.1) is 0 Å². The maximum Gasteiger partial charge on any atom is 0.133 e. The van der Waals surface area contributed by atoms with Crippen LogP contribution in [0, 0.1) is 11.8 Å². The van der Waals surface area contributed by atoms with Crippen molar-refractivity contribution in [2.45, 2.75) is 96.3 Å². The molecule has 0 radical (unpaired) electrons. The molecular formula is C18H32O. The quantitative estimate of drug-likeness (QED) is 0.596. The Hall–Kier alpha value is -0.330. The Balaban J connectivity index is 1.81. The number of rotatable bonds is 1. The van der Waals surface area contributed by atoms with Gasteiger partial charge in [0.15, 0.2) is 0 Å². The third-order valence-corrected chi connectivity index (χ3v) is 5.34. The van der Waals surface area contributed by atoms with Gasteiger partial charge in [-0.3, -0.25) is 4.79 Å². The lowest BCUT2D eigenvalue weighted by molar-refractivity contribution is -0.122. The van der Waals surface area contributed by atoms with Crippen LogP contribution in [0.25, 0.3) is 0 Å². The highest BCUT2D eigenvalue weighted by molar-refractivity contribution is 5.79. The summed E-state index contributed by atoms with van der Waals surface area (Å²) in [4.78, 5) is 11.7. The van der Waals surface area contributed by atoms with Crippen LogP contribution in [-0.4, -0.2) is 5.78 Å². The molecule has 2 aliphatic carbocycles. The van der Waals surface area contributed by atoms with E-state index in [0.29, 0.717) is 5.78 Å². The average Bonchev–Trinajstić information content (AvgIpc) is 2.39. The zero-order valence-electron chi connectivity index (χ0n) is 12.7. The number of hydrogen-bond acceptors (Lipinski definition) is 1. The van der Waals surface area contributed by atoms with Gasteiger partial charge in [-0.1, -0.05) is 70.6 Å². The molecule has 0 aromatic heterocycles. The van der Waals surface area contributed by atoms with Crippen molar-refractivity contribution in [3.63, 3.8) is 0 Å². The molecule has 1 atom stereocenters. The predicted molar refractivity (Wildman–Crippen MR) is 81.2 cm³/mol. The Morgan fingerprint density at radius 1 is 0.579 bits per heavy atom. The fraction of sp³-hybridized carbons (Fsp3) is 0.944. The Morgan fingerprint density at radius 2 is 1.05 bits per heavy atom. The molecule has 0 amide bonds. The first-order valence-corrected chi connectivity index (χ1v) is 8.88. The molecule has 2 rings (SSSR count). The van der Waals surface area contributed by atoms with Crippen LogP contribution in [-0.2, 0) is 4.79 Å². The summed E-state index contributed by atoms with van der Waals surface area (Å²) in [5, 5.41) is 0. The Labute approximate surface area is 119 Å². The predicted octanol–water partition coefficient (Wildman–Crippen LogP) is 5.67. The van der Waals surface area contributed by atoms with E-state index in [2.05, 4.69) is 0 Å². The summed E-state index contributed by atoms with van der Waals surface area (Å²) in [5.41, 5.74) is 0. The molecule has 1 unspecified atom stereocenters. The summed E-state index contributed by atoms with van der Waals surface area (Å²) < 4.78 is 0. The monoisotopic (exact) mass is 264 g/mol. The zero-order chi connectivity index (χ0) is 13.3. The summed E-state index contributed by atoms with van der Waals surface area (Å²) in [5.74, 6) is 2.15. The molecule has 0 aromatic rings. The molecule has 0 spiro atoms. The van der Waals surface area contributed by atoms with E-state index >= 15 is 0 Å². The van der Waals surface area contributed by atoms with E-state index in [1.807, 2.05) is 0 Å². The molecule has 0 saturated heterocycles. The van der Waals surface area contributed by atoms with Gasteiger partial charge >= 0.3 is 0 Å². The van der Waals surface area contributed by atoms with E-state index in [1.54, 1.807) is 0 Å². The maximum atomic E-state index is 11.7. The molecule has 19 heavy (non-hydrogen) atoms. The molecule has 2 aliphatic rings. The molecule has 2 fully saturated rings. The first-order chi connectivity index (χ1) is 9.36. The molecular weight excluding hydrogens is 232 g/mol. The van der Waals surface area contributed by atoms with Crippen LogP contribution in [0.2, 0.25) is 0 Å². The number of carbonyl (C=O) groups is 1. The van der Waals surface area contributed by atoms with Crippen molar-refractivity contribution < 1.29 is 4.79 Å². The van der Waals surface area contributed by atoms with Crippen LogP contribution in [0.15, 0.2) is 0 Å². The van der Waals surface area contributed by atoms with E-state index in [1.165, 1.54) is 83.5 Å². The van der Waals surface area contributed by atoms with Crippen molar-refractivity contribution >= 4 is 5.78 Å². The third-order valence-electron chi connectivity index (χ3n) is 5.34. The van der Waals surface area contributed by atoms with Gasteiger partial charge in [0.2, 0.25) is 0 Å². The topological polar surface area (TPSA) is 17.1 Å². The highest BCUT2D eigenvalue weighted by Crippen LogP contribution is 2.35. The Morgan fingerprint density at radius 3 is 1.58 bits per heavy atom. The highest BCUT2D eigenvalue weighted by Gasteiger charge is 2.26. The second kappa shape index (κ2) is 8.76. The van der Waals surface area contributed by atoms with Crippen LogP contribution in [0.1, 0.15) is 96.3 Å². The van der Waals surface area contributed by atoms with Crippen LogP contribution in [0.3, 0.4) is 0 Å². The number of Topliss-reactive ketones (excluding diaryl/α,β-unsaturated/α-hetero) is 1. The lowest BCUT2D eigenvalue weighted by Gasteiger charge is -2.30. The fourth-order valence-electron chi connectivity index (χ4n) is 4.13. The highest BCUT2D eigenvalue weighted by atomic mass is 16.1. The van der Waals surface area contributed by atoms with Crippen LogP contribution in [0.4, 0.5) is 0 Å². The van der Waals surface area contributed by atoms with E-state index in [4.69, 9.17) is 0 Å². The second-order valence-electron chi connectivity index (χ2n) is 6.91. The summed E-state index contributed by atoms with van der Waals surface area (Å²) in [6, 6.07) is 0. The third kappa shape index (κ3) is 5.67. The van der Waals surface area contributed by atoms with Gasteiger partial charge in [-0.25, -0.2) is 0 Å². The summed E-state index contributed by atoms with van der Waals surface area (Å²) >= 11 is 0. The van der Waals surface area contributed by atoms with Crippen molar-refractivity contribution in [3.8, 4) is 0 Å². The summed E-state index contributed by atoms with van der Waals surface area (Å²) in [6.07, 6.45) is 20.0. The molecule has 0 aliphatic heterocycles. The molecule has 1 nitrogen and oxygen atoms in total. The largest absolute Gasteiger partial charge is 0.300 e. The van der Waals surface area contributed by atoms with Crippen LogP contribution < -0.4 is 0 Å². The van der Waals surface area contributed by atoms with Crippen molar-refractivity contribution in [2.24, 2.45) is 11.8 Å². The van der Waals surface area contributed by atoms with E-state index in [9.17, 15) is 4.79 Å². The zero-order valence-corrected chi connectivity index (χ0v) is 12.7. The Kier molecular flexibility index (Phi) is 6.95. The summed E-state index contributed by atoms with van der Waals surface area (Å²) in [7, 11) is 0. The summed E-state index contributed by atoms with van der Waals surface area (Å²) in [6.45, 7) is 0. The molecule has 2 saturated carbocycles. The van der Waals surface area contributed by atoms with Gasteiger partial charge in [-0.05, 0) is 24.7 Å². The lowest BCUT2D eigenvalue weighted by Crippen LogP contribution is -2.23. The SMILES string of the molecule is O=C1CCCC(C2CCCCCCCCCCC2)C1. The van der Waals surface area contributed by atoms with Gasteiger partial charge < -0.3 is 0 Å². The minimum absolute atomic E-state index is 0.544. The van der Waals surface area contributed by atoms with Gasteiger partial charge in [0, 0.05) is 12.8 Å². The fourth-order valence-corrected chi connectivity index (χ4v) is 4.13. The lowest BCUT2D eigenvalue weighted by atomic mass is 9.75. The number of ketones is 1. The molecule has 0 heterocycles. The first kappa shape index (κ1) is 15.1. The second-order valence-corrected chi connectivity index (χ2v) is 6.91. The minimum atomic E-state index is 0.544. The molecule has 0 N–H and O–H groups in total. The average molecular weight is 264 g/mol. The van der Waals surface area contributed by atoms with E-state index in [0.717, 1.165) is 24.7 Å². The molecule has 1 heteroatoms. The maximum absolute atomic E-state index is 11.7. The molecule has 0 aromatic carbocycles. The first-order valence-electron chi connectivity index (χ1n) is 8.88. The van der Waals surface area contributed by atoms with Crippen molar-refractivity contribution in [2.75, 3.05) is 0 Å². The number of hydrogen-bond donors (Lipinski definition) is 0. The standard InChI is InChI=1S/C18H32O/c19-18-14-10-13-17(15-18)16-11-8-6-4-2-1-3-5-7-9-12-16/h16-17H,1-15H2. The van der Waals surface area contributed by atoms with Crippen LogP contribution in [0.5, 0.6) is 0 Å². The van der Waals surface area contributed by atoms with Crippen molar-refractivity contribution in [1.29, 1.82) is 0 Å². The van der Waals surface area contributed by atoms with Gasteiger partial charge in [-0.2, -0.15) is 0 Å². The van der Waals surface area contributed by atoms with E-state index in [-0.39, 0.29) is 0 Å². The number of carbonyl (C=O) groups excluding carboxylic acids is 1.